The van der Waals surface area contributed by atoms with E-state index >= 15 is 4.39 Å². The number of aromatic amines is 1. The number of fused-ring (bicyclic) bond motifs is 4. The minimum atomic E-state index is -4.46. The van der Waals surface area contributed by atoms with Crippen LogP contribution in [0.3, 0.4) is 0 Å². The smallest absolute Gasteiger partial charge is 0.386 e. The molecule has 0 saturated carbocycles. The molecule has 25 heteroatoms. The van der Waals surface area contributed by atoms with Gasteiger partial charge in [-0.2, -0.15) is 4.98 Å². The monoisotopic (exact) mass is 752 g/mol. The van der Waals surface area contributed by atoms with Crippen LogP contribution in [0, 0.1) is 0 Å². The zero-order valence-corrected chi connectivity index (χ0v) is 28.3. The van der Waals surface area contributed by atoms with E-state index in [1.54, 1.807) is 0 Å². The van der Waals surface area contributed by atoms with Gasteiger partial charge in [-0.15, -0.1) is 11.8 Å². The zero-order valence-electron chi connectivity index (χ0n) is 23.8. The average molecular weight is 753 g/mol. The van der Waals surface area contributed by atoms with Crippen molar-refractivity contribution in [3.8, 4) is 0 Å². The molecule has 6 N–H and O–H groups in total. The molecule has 2 bridgehead atoms. The number of rotatable bonds is 11. The van der Waals surface area contributed by atoms with Crippen molar-refractivity contribution in [3.05, 3.63) is 29.3 Å². The van der Waals surface area contributed by atoms with Gasteiger partial charge in [0.25, 0.3) is 5.56 Å². The first-order chi connectivity index (χ1) is 22.3. The molecule has 3 aliphatic rings. The number of ether oxygens (including phenoxy) is 2. The molecular formula is C22H27FN10O9P2S3. The maximum atomic E-state index is 16.4. The highest BCUT2D eigenvalue weighted by atomic mass is 32.7. The molecule has 3 aliphatic heterocycles. The molecule has 0 aromatic carbocycles. The lowest BCUT2D eigenvalue weighted by atomic mass is 9.97. The lowest BCUT2D eigenvalue weighted by molar-refractivity contribution is -0.182. The van der Waals surface area contributed by atoms with Crippen LogP contribution < -0.4 is 17.0 Å². The molecule has 19 nitrogen and oxygen atoms in total. The maximum Gasteiger partial charge on any atom is 0.386 e. The van der Waals surface area contributed by atoms with Gasteiger partial charge < -0.3 is 30.6 Å². The SMILES string of the molecule is Nc1nc2c(ncn2[C@@H]2SC[C@@](F)(CCO)[C@H]2OP(=O)(S)OC[C@@]23CO[C@@H]([C@H](n4cnc5c(N)ncnc54)O2)[C@@H]3O[PH](=O)S)c(=O)[nH]1. The number of nitrogen functional groups attached to an aromatic ring is 2. The number of halogens is 1. The number of nitrogens with two attached hydrogens (primary N) is 2. The van der Waals surface area contributed by atoms with Crippen molar-refractivity contribution in [2.75, 3.05) is 37.0 Å². The Hall–Kier alpha value is -2.30. The van der Waals surface area contributed by atoms with Crippen LogP contribution in [0.25, 0.3) is 22.3 Å². The molecule has 0 amide bonds. The Bertz CT molecular complexity index is 1990. The molecule has 7 rings (SSSR count). The summed E-state index contributed by atoms with van der Waals surface area (Å²) in [4.78, 5) is 35.3. The first-order valence-electron chi connectivity index (χ1n) is 13.8. The van der Waals surface area contributed by atoms with Crippen molar-refractivity contribution in [1.29, 1.82) is 0 Å². The number of aliphatic hydroxyl groups is 1. The Morgan fingerprint density at radius 3 is 2.74 bits per heavy atom. The predicted octanol–water partition coefficient (Wildman–Crippen LogP) is 1.27. The van der Waals surface area contributed by atoms with Gasteiger partial charge in [-0.1, -0.05) is 24.5 Å². The summed E-state index contributed by atoms with van der Waals surface area (Å²) < 4.78 is 74.8. The van der Waals surface area contributed by atoms with E-state index < -0.39 is 74.0 Å². The first kappa shape index (κ1) is 33.2. The molecule has 0 spiro atoms. The second kappa shape index (κ2) is 12.2. The van der Waals surface area contributed by atoms with Gasteiger partial charge in [0.2, 0.25) is 13.2 Å². The minimum absolute atomic E-state index is 0.0416. The highest BCUT2D eigenvalue weighted by Gasteiger charge is 2.64. The topological polar surface area (TPSA) is 260 Å². The van der Waals surface area contributed by atoms with Crippen molar-refractivity contribution in [3.63, 3.8) is 0 Å². The lowest BCUT2D eigenvalue weighted by Crippen LogP contribution is -2.45. The number of aromatic nitrogens is 8. The van der Waals surface area contributed by atoms with Crippen LogP contribution >= 0.6 is 50.3 Å². The summed E-state index contributed by atoms with van der Waals surface area (Å²) >= 11 is 9.15. The predicted molar refractivity (Wildman–Crippen MR) is 172 cm³/mol. The van der Waals surface area contributed by atoms with Gasteiger partial charge in [-0.05, 0) is 0 Å². The Balaban J connectivity index is 1.16. The fourth-order valence-corrected chi connectivity index (χ4v) is 10.0. The number of anilines is 2. The number of thioether (sulfide) groups is 1. The number of nitrogens with one attached hydrogen (secondary N) is 1. The largest absolute Gasteiger partial charge is 0.396 e. The molecule has 7 heterocycles. The number of imidazole rings is 2. The molecule has 2 unspecified atom stereocenters. The fraction of sp³-hybridized carbons (Fsp3) is 0.545. The molecule has 9 atom stereocenters. The second-order valence-electron chi connectivity index (χ2n) is 11.0. The minimum Gasteiger partial charge on any atom is -0.396 e. The Labute approximate surface area is 278 Å². The van der Waals surface area contributed by atoms with E-state index in [1.807, 2.05) is 0 Å². The van der Waals surface area contributed by atoms with Gasteiger partial charge in [0.05, 0.1) is 25.9 Å². The van der Waals surface area contributed by atoms with E-state index in [4.69, 9.17) is 34.5 Å². The Morgan fingerprint density at radius 1 is 1.21 bits per heavy atom. The van der Waals surface area contributed by atoms with E-state index in [0.717, 1.165) is 11.8 Å². The van der Waals surface area contributed by atoms with Crippen molar-refractivity contribution in [2.45, 2.75) is 47.6 Å². The van der Waals surface area contributed by atoms with Gasteiger partial charge in [0.15, 0.2) is 34.5 Å². The van der Waals surface area contributed by atoms with E-state index in [9.17, 15) is 19.0 Å². The summed E-state index contributed by atoms with van der Waals surface area (Å²) in [5, 5.41) is 8.68. The molecule has 47 heavy (non-hydrogen) atoms. The van der Waals surface area contributed by atoms with Crippen molar-refractivity contribution >= 4 is 84.4 Å². The zero-order chi connectivity index (χ0) is 33.3. The molecule has 4 aromatic rings. The number of aliphatic hydroxyl groups excluding tert-OH is 1. The maximum absolute atomic E-state index is 16.4. The van der Waals surface area contributed by atoms with Crippen molar-refractivity contribution < 1.29 is 41.7 Å². The van der Waals surface area contributed by atoms with E-state index in [0.29, 0.717) is 11.2 Å². The number of H-pyrrole nitrogens is 1. The van der Waals surface area contributed by atoms with E-state index in [1.165, 1.54) is 28.1 Å². The summed E-state index contributed by atoms with van der Waals surface area (Å²) in [6.07, 6.45) is -0.789. The third kappa shape index (κ3) is 5.78. The average Bonchev–Trinajstić information content (AvgIpc) is 3.81. The Kier molecular flexibility index (Phi) is 8.64. The van der Waals surface area contributed by atoms with Gasteiger partial charge in [0.1, 0.15) is 41.1 Å². The molecule has 3 fully saturated rings. The number of alkyl halides is 1. The van der Waals surface area contributed by atoms with Gasteiger partial charge in [-0.25, -0.2) is 28.9 Å². The number of thiol groups is 2. The molecule has 3 saturated heterocycles. The molecular weight excluding hydrogens is 725 g/mol. The lowest BCUT2D eigenvalue weighted by Gasteiger charge is -2.34. The molecule has 0 aliphatic carbocycles. The Morgan fingerprint density at radius 2 is 1.98 bits per heavy atom. The van der Waals surface area contributed by atoms with Crippen molar-refractivity contribution in [2.24, 2.45) is 0 Å². The third-order valence-electron chi connectivity index (χ3n) is 8.10. The van der Waals surface area contributed by atoms with Gasteiger partial charge >= 0.3 is 6.80 Å². The van der Waals surface area contributed by atoms with Crippen LogP contribution in [-0.2, 0) is 32.2 Å². The van der Waals surface area contributed by atoms with Crippen LogP contribution in [0.5, 0.6) is 0 Å². The van der Waals surface area contributed by atoms with Crippen LogP contribution in [0.1, 0.15) is 18.0 Å². The number of hydrogen-bond acceptors (Lipinski definition) is 17. The highest BCUT2D eigenvalue weighted by Crippen LogP contribution is 2.62. The van der Waals surface area contributed by atoms with E-state index in [-0.39, 0.29) is 41.7 Å². The fourth-order valence-electron chi connectivity index (χ4n) is 5.97. The second-order valence-corrected chi connectivity index (χ2v) is 16.8. The normalized spacial score (nSPS) is 32.4. The summed E-state index contributed by atoms with van der Waals surface area (Å²) in [6, 6.07) is 0. The van der Waals surface area contributed by atoms with Crippen molar-refractivity contribution in [1.82, 2.24) is 39.0 Å². The van der Waals surface area contributed by atoms with Gasteiger partial charge in [0, 0.05) is 18.8 Å². The first-order valence-corrected chi connectivity index (χ1v) is 20.1. The third-order valence-corrected chi connectivity index (χ3v) is 11.9. The van der Waals surface area contributed by atoms with Crippen LogP contribution in [-0.4, -0.2) is 99.3 Å². The summed E-state index contributed by atoms with van der Waals surface area (Å²) in [6.45, 7) is -5.67. The highest BCUT2D eigenvalue weighted by molar-refractivity contribution is 8.44. The molecule has 4 aromatic heterocycles. The van der Waals surface area contributed by atoms with Crippen LogP contribution in [0.4, 0.5) is 16.2 Å². The quantitative estimate of drug-likeness (QED) is 0.0931. The van der Waals surface area contributed by atoms with E-state index in [2.05, 4.69) is 54.4 Å². The van der Waals surface area contributed by atoms with Crippen LogP contribution in [0.2, 0.25) is 0 Å². The van der Waals surface area contributed by atoms with Gasteiger partial charge in [-0.3, -0.25) is 32.5 Å². The summed E-state index contributed by atoms with van der Waals surface area (Å²) in [5.41, 5.74) is 7.96. The summed E-state index contributed by atoms with van der Waals surface area (Å²) in [7, 11) is -2.85. The standard InChI is InChI=1S/C22H27FN10O9P2S3/c23-21(1-2-34)5-47-19(33-8-29-10-16(33)30-20(25)31-17(10)35)13(21)42-44(37,46)39-4-22-3-38-11(12(22)41-43(36)45)18(40-22)32-7-28-9-14(24)26-6-27-15(9)32/h6-8,11-13,18-19,34,43H,1-5H2,(H,36,45)(H,37,46)(H2,24,26,27)(H3,25,30,31,35)/t11-,12+,13+,18-,19-,21+,22-,44?/m1/s1. The van der Waals surface area contributed by atoms with Crippen LogP contribution in [0.15, 0.2) is 23.8 Å². The molecule has 254 valence electrons. The summed E-state index contributed by atoms with van der Waals surface area (Å²) in [5.74, 6) is -0.236. The number of nitrogens with zero attached hydrogens (tertiary/aromatic N) is 7. The number of hydrogen-bond donors (Lipinski definition) is 6. The molecule has 0 radical (unpaired) electrons.